The van der Waals surface area contributed by atoms with E-state index < -0.39 is 5.41 Å². The van der Waals surface area contributed by atoms with Crippen molar-refractivity contribution in [2.45, 2.75) is 24.3 Å². The molecule has 1 saturated heterocycles. The number of phenolic OH excluding ortho intramolecular Hbond substituents is 1. The fraction of sp³-hybridized carbons (Fsp3) is 0.353. The van der Waals surface area contributed by atoms with Crippen LogP contribution in [0.25, 0.3) is 0 Å². The van der Waals surface area contributed by atoms with Crippen molar-refractivity contribution in [3.63, 3.8) is 0 Å². The van der Waals surface area contributed by atoms with Crippen LogP contribution in [-0.4, -0.2) is 35.7 Å². The number of carbonyl (C=O) groups excluding carboxylic acids is 1. The minimum atomic E-state index is -0.625. The molecule has 2 bridgehead atoms. The van der Waals surface area contributed by atoms with Gasteiger partial charge in [-0.2, -0.15) is 0 Å². The van der Waals surface area contributed by atoms with Crippen LogP contribution in [0, 0.1) is 0 Å². The minimum absolute atomic E-state index is 0.0577. The normalized spacial score (nSPS) is 29.1. The molecule has 5 nitrogen and oxygen atoms in total. The molecule has 2 aliphatic carbocycles. The van der Waals surface area contributed by atoms with E-state index in [-0.39, 0.29) is 23.3 Å². The van der Waals surface area contributed by atoms with Gasteiger partial charge in [0.2, 0.25) is 5.78 Å². The van der Waals surface area contributed by atoms with Gasteiger partial charge in [-0.3, -0.25) is 4.79 Å². The number of fused-ring (bicyclic) bond motifs is 1. The van der Waals surface area contributed by atoms with E-state index >= 15 is 0 Å². The van der Waals surface area contributed by atoms with Gasteiger partial charge in [-0.15, -0.1) is 0 Å². The number of nitrogens with one attached hydrogen (secondary N) is 1. The van der Waals surface area contributed by atoms with Crippen molar-refractivity contribution in [2.24, 2.45) is 0 Å². The van der Waals surface area contributed by atoms with Gasteiger partial charge < -0.3 is 20.3 Å². The van der Waals surface area contributed by atoms with Crippen LogP contribution in [0.15, 0.2) is 35.6 Å². The Labute approximate surface area is 127 Å². The highest BCUT2D eigenvalue weighted by Crippen LogP contribution is 2.54. The Kier molecular flexibility index (Phi) is 2.66. The Bertz CT molecular complexity index is 749. The summed E-state index contributed by atoms with van der Waals surface area (Å²) < 4.78 is 5.24. The number of ether oxygens (including phenoxy) is 1. The molecule has 114 valence electrons. The summed E-state index contributed by atoms with van der Waals surface area (Å²) in [5.74, 6) is -0.108. The second-order valence-electron chi connectivity index (χ2n) is 6.08. The molecule has 1 heterocycles. The number of allylic oxidation sites excluding steroid dienone is 2. The quantitative estimate of drug-likeness (QED) is 0.732. The summed E-state index contributed by atoms with van der Waals surface area (Å²) in [7, 11) is 1.52. The molecule has 3 aliphatic rings. The van der Waals surface area contributed by atoms with Crippen LogP contribution in [0.3, 0.4) is 0 Å². The van der Waals surface area contributed by atoms with Crippen LogP contribution < -0.4 is 10.1 Å². The molecule has 1 aromatic rings. The molecule has 0 aromatic heterocycles. The predicted molar refractivity (Wildman–Crippen MR) is 80.3 cm³/mol. The Hall–Kier alpha value is -2.27. The van der Waals surface area contributed by atoms with Crippen LogP contribution in [0.4, 0.5) is 0 Å². The summed E-state index contributed by atoms with van der Waals surface area (Å²) in [5.41, 5.74) is 2.08. The second kappa shape index (κ2) is 4.36. The summed E-state index contributed by atoms with van der Waals surface area (Å²) in [6, 6.07) is 3.77. The lowest BCUT2D eigenvalue weighted by Crippen LogP contribution is -2.53. The molecular formula is C17H17NO4. The Morgan fingerprint density at radius 3 is 2.95 bits per heavy atom. The number of carbonyl (C=O) groups is 1. The van der Waals surface area contributed by atoms with Crippen molar-refractivity contribution in [3.05, 3.63) is 46.7 Å². The van der Waals surface area contributed by atoms with Gasteiger partial charge in [0.15, 0.2) is 17.3 Å². The van der Waals surface area contributed by atoms with E-state index in [0.29, 0.717) is 18.6 Å². The van der Waals surface area contributed by atoms with E-state index in [9.17, 15) is 15.0 Å². The highest BCUT2D eigenvalue weighted by molar-refractivity contribution is 6.05. The number of hydrogen-bond acceptors (Lipinski definition) is 5. The number of aliphatic hydroxyl groups excluding tert-OH is 1. The molecule has 0 saturated carbocycles. The smallest absolute Gasteiger partial charge is 0.219 e. The first-order valence-corrected chi connectivity index (χ1v) is 7.38. The maximum Gasteiger partial charge on any atom is 0.219 e. The maximum atomic E-state index is 11.9. The molecule has 5 heteroatoms. The maximum absolute atomic E-state index is 11.9. The van der Waals surface area contributed by atoms with E-state index in [2.05, 4.69) is 5.32 Å². The molecule has 0 radical (unpaired) electrons. The molecule has 1 fully saturated rings. The van der Waals surface area contributed by atoms with Crippen molar-refractivity contribution in [1.29, 1.82) is 0 Å². The molecule has 2 unspecified atom stereocenters. The summed E-state index contributed by atoms with van der Waals surface area (Å²) >= 11 is 0. The third kappa shape index (κ3) is 1.54. The number of phenols is 1. The van der Waals surface area contributed by atoms with Crippen molar-refractivity contribution < 1.29 is 19.7 Å². The van der Waals surface area contributed by atoms with Crippen LogP contribution >= 0.6 is 0 Å². The summed E-state index contributed by atoms with van der Waals surface area (Å²) in [4.78, 5) is 11.9. The largest absolute Gasteiger partial charge is 0.504 e. The van der Waals surface area contributed by atoms with E-state index in [4.69, 9.17) is 4.74 Å². The Balaban J connectivity index is 2.04. The molecule has 2 atom stereocenters. The molecular weight excluding hydrogens is 282 g/mol. The van der Waals surface area contributed by atoms with Crippen molar-refractivity contribution in [2.75, 3.05) is 13.7 Å². The van der Waals surface area contributed by atoms with Gasteiger partial charge in [-0.05, 0) is 48.7 Å². The second-order valence-corrected chi connectivity index (χ2v) is 6.08. The number of benzene rings is 1. The average Bonchev–Trinajstić information content (AvgIpc) is 2.48. The number of ketones is 1. The summed E-state index contributed by atoms with van der Waals surface area (Å²) in [5, 5.41) is 24.1. The molecule has 22 heavy (non-hydrogen) atoms. The fourth-order valence-electron chi connectivity index (χ4n) is 4.10. The topological polar surface area (TPSA) is 78.8 Å². The van der Waals surface area contributed by atoms with Gasteiger partial charge in [-0.25, -0.2) is 0 Å². The monoisotopic (exact) mass is 299 g/mol. The minimum Gasteiger partial charge on any atom is -0.504 e. The number of piperidine rings is 1. The first-order valence-electron chi connectivity index (χ1n) is 7.38. The number of aromatic hydroxyl groups is 1. The van der Waals surface area contributed by atoms with Gasteiger partial charge >= 0.3 is 0 Å². The van der Waals surface area contributed by atoms with E-state index in [1.165, 1.54) is 13.2 Å². The summed E-state index contributed by atoms with van der Waals surface area (Å²) in [6.45, 7) is 0.760. The lowest BCUT2D eigenvalue weighted by atomic mass is 9.59. The van der Waals surface area contributed by atoms with Crippen molar-refractivity contribution in [1.82, 2.24) is 5.32 Å². The lowest BCUT2D eigenvalue weighted by Gasteiger charge is -2.49. The first kappa shape index (κ1) is 13.4. The standard InChI is InChI=1S/C17H17NO4/c1-22-14-3-2-9-6-11-10-7-12(19)13(20)8-17(10,4-5-18-11)15(9)16(14)21/h2-3,7-8,11,18,20-21H,4-6H2,1H3. The molecule has 3 N–H and O–H groups in total. The van der Waals surface area contributed by atoms with Gasteiger partial charge in [0.05, 0.1) is 7.11 Å². The Morgan fingerprint density at radius 2 is 2.18 bits per heavy atom. The lowest BCUT2D eigenvalue weighted by molar-refractivity contribution is -0.114. The number of hydrogen-bond donors (Lipinski definition) is 3. The van der Waals surface area contributed by atoms with Gasteiger partial charge in [0, 0.05) is 17.0 Å². The average molecular weight is 299 g/mol. The zero-order chi connectivity index (χ0) is 15.5. The highest BCUT2D eigenvalue weighted by atomic mass is 16.5. The third-order valence-corrected chi connectivity index (χ3v) is 5.04. The van der Waals surface area contributed by atoms with Crippen LogP contribution in [0.2, 0.25) is 0 Å². The summed E-state index contributed by atoms with van der Waals surface area (Å²) in [6.07, 6.45) is 4.52. The van der Waals surface area contributed by atoms with E-state index in [1.807, 2.05) is 6.07 Å². The molecule has 0 amide bonds. The zero-order valence-electron chi connectivity index (χ0n) is 12.2. The SMILES string of the molecule is COc1ccc2c(c1O)C13C=C(O)C(=O)C=C1C(C2)NCC3. The zero-order valence-corrected chi connectivity index (χ0v) is 12.2. The van der Waals surface area contributed by atoms with Gasteiger partial charge in [0.1, 0.15) is 0 Å². The molecule has 1 aliphatic heterocycles. The van der Waals surface area contributed by atoms with E-state index in [0.717, 1.165) is 23.2 Å². The van der Waals surface area contributed by atoms with Crippen LogP contribution in [0.5, 0.6) is 11.5 Å². The molecule has 4 rings (SSSR count). The molecule has 0 spiro atoms. The van der Waals surface area contributed by atoms with Crippen LogP contribution in [-0.2, 0) is 16.6 Å². The third-order valence-electron chi connectivity index (χ3n) is 5.04. The fourth-order valence-corrected chi connectivity index (χ4v) is 4.10. The van der Waals surface area contributed by atoms with Crippen molar-refractivity contribution in [3.8, 4) is 11.5 Å². The first-order chi connectivity index (χ1) is 10.6. The van der Waals surface area contributed by atoms with E-state index in [1.54, 1.807) is 12.1 Å². The number of methoxy groups -OCH3 is 1. The Morgan fingerprint density at radius 1 is 1.36 bits per heavy atom. The number of aliphatic hydroxyl groups is 1. The number of rotatable bonds is 1. The van der Waals surface area contributed by atoms with Gasteiger partial charge in [0.25, 0.3) is 0 Å². The predicted octanol–water partition coefficient (Wildman–Crippen LogP) is 1.51. The van der Waals surface area contributed by atoms with Crippen molar-refractivity contribution >= 4 is 5.78 Å². The van der Waals surface area contributed by atoms with Crippen LogP contribution in [0.1, 0.15) is 17.5 Å². The highest BCUT2D eigenvalue weighted by Gasteiger charge is 2.50. The van der Waals surface area contributed by atoms with Gasteiger partial charge in [-0.1, -0.05) is 6.07 Å². The molecule has 1 aromatic carbocycles.